The van der Waals surface area contributed by atoms with Gasteiger partial charge in [-0.3, -0.25) is 0 Å². The summed E-state index contributed by atoms with van der Waals surface area (Å²) in [5, 5.41) is 3.31. The zero-order valence-electron chi connectivity index (χ0n) is 29.9. The lowest BCUT2D eigenvalue weighted by molar-refractivity contribution is 0.667. The monoisotopic (exact) mass is 718 g/mol. The van der Waals surface area contributed by atoms with Crippen molar-refractivity contribution in [1.82, 2.24) is 29.5 Å². The molecule has 0 fully saturated rings. The number of aromatic nitrogens is 6. The Bertz CT molecular complexity index is 3170. The molecule has 7 aromatic carbocycles. The molecule has 0 aliphatic rings. The molecular weight excluding hydrogens is 689 g/mol. The van der Waals surface area contributed by atoms with Crippen molar-refractivity contribution in [3.05, 3.63) is 182 Å². The van der Waals surface area contributed by atoms with Crippen molar-refractivity contribution in [2.24, 2.45) is 0 Å². The second kappa shape index (κ2) is 13.0. The van der Waals surface area contributed by atoms with E-state index in [1.165, 1.54) is 10.8 Å². The minimum absolute atomic E-state index is 0.587. The molecule has 0 unspecified atom stereocenters. The molecule has 0 atom stereocenters. The second-order valence-corrected chi connectivity index (χ2v) is 13.7. The van der Waals surface area contributed by atoms with Gasteiger partial charge in [-0.2, -0.15) is 0 Å². The van der Waals surface area contributed by atoms with Gasteiger partial charge in [-0.05, 0) is 36.4 Å². The van der Waals surface area contributed by atoms with Crippen LogP contribution < -0.4 is 0 Å². The number of hydrogen-bond acceptors (Lipinski definition) is 6. The highest BCUT2D eigenvalue weighted by Crippen LogP contribution is 2.38. The lowest BCUT2D eigenvalue weighted by atomic mass is 10.1. The minimum Gasteiger partial charge on any atom is -0.452 e. The molecule has 0 amide bonds. The number of fused-ring (bicyclic) bond motifs is 6. The van der Waals surface area contributed by atoms with E-state index >= 15 is 0 Å². The van der Waals surface area contributed by atoms with Crippen LogP contribution in [-0.4, -0.2) is 29.5 Å². The number of para-hydroxylation sites is 3. The van der Waals surface area contributed by atoms with Crippen LogP contribution in [0.15, 0.2) is 186 Å². The summed E-state index contributed by atoms with van der Waals surface area (Å²) < 4.78 is 8.81. The number of benzene rings is 7. The highest BCUT2D eigenvalue weighted by Gasteiger charge is 2.20. The smallest absolute Gasteiger partial charge is 0.180 e. The van der Waals surface area contributed by atoms with E-state index in [0.717, 1.165) is 61.0 Å². The molecule has 7 nitrogen and oxygen atoms in total. The normalized spacial score (nSPS) is 11.6. The Morgan fingerprint density at radius 2 is 0.857 bits per heavy atom. The maximum Gasteiger partial charge on any atom is 0.180 e. The van der Waals surface area contributed by atoms with Crippen LogP contribution in [-0.2, 0) is 0 Å². The molecule has 56 heavy (non-hydrogen) atoms. The van der Waals surface area contributed by atoms with Gasteiger partial charge < -0.3 is 8.98 Å². The Labute approximate surface area is 321 Å². The first-order valence-electron chi connectivity index (χ1n) is 18.5. The van der Waals surface area contributed by atoms with Gasteiger partial charge in [0.1, 0.15) is 16.8 Å². The molecular formula is C49H30N6O. The van der Waals surface area contributed by atoms with E-state index in [1.54, 1.807) is 0 Å². The van der Waals surface area contributed by atoms with Crippen molar-refractivity contribution in [2.45, 2.75) is 0 Å². The minimum atomic E-state index is 0.587. The summed E-state index contributed by atoms with van der Waals surface area (Å²) >= 11 is 0. The van der Waals surface area contributed by atoms with Crippen LogP contribution in [0.1, 0.15) is 0 Å². The average molecular weight is 719 g/mol. The Morgan fingerprint density at radius 1 is 0.357 bits per heavy atom. The number of furan rings is 1. The standard InChI is InChI=1S/C49H30N6O/c1-4-14-32(15-5-1)46-52-47(33-16-6-2-7-17-33)54-48(53-46)34-26-24-31(25-27-34)43-45-44(39-21-11-13-23-42(39)56-45)51-49(50-43)35-28-29-38-37-20-10-12-22-40(37)55(41(38)30-35)36-18-8-3-9-19-36/h1-30H. The van der Waals surface area contributed by atoms with Crippen LogP contribution in [0.2, 0.25) is 0 Å². The van der Waals surface area contributed by atoms with Crippen LogP contribution in [0.3, 0.4) is 0 Å². The van der Waals surface area contributed by atoms with E-state index < -0.39 is 0 Å². The first-order valence-corrected chi connectivity index (χ1v) is 18.5. The third kappa shape index (κ3) is 5.33. The van der Waals surface area contributed by atoms with Crippen molar-refractivity contribution in [3.63, 3.8) is 0 Å². The number of hydrogen-bond donors (Lipinski definition) is 0. The van der Waals surface area contributed by atoms with Gasteiger partial charge in [0.2, 0.25) is 0 Å². The summed E-state index contributed by atoms with van der Waals surface area (Å²) in [6.07, 6.45) is 0. The van der Waals surface area contributed by atoms with Crippen molar-refractivity contribution in [2.75, 3.05) is 0 Å². The van der Waals surface area contributed by atoms with Crippen LogP contribution in [0.5, 0.6) is 0 Å². The summed E-state index contributed by atoms with van der Waals surface area (Å²) in [6, 6.07) is 61.7. The second-order valence-electron chi connectivity index (χ2n) is 13.7. The summed E-state index contributed by atoms with van der Waals surface area (Å²) in [5.41, 5.74) is 10.7. The highest BCUT2D eigenvalue weighted by atomic mass is 16.3. The summed E-state index contributed by atoms with van der Waals surface area (Å²) in [6.45, 7) is 0. The van der Waals surface area contributed by atoms with Gasteiger partial charge in [-0.15, -0.1) is 0 Å². The number of rotatable bonds is 6. The van der Waals surface area contributed by atoms with Crippen LogP contribution in [0, 0.1) is 0 Å². The Balaban J connectivity index is 1.07. The van der Waals surface area contributed by atoms with Crippen molar-refractivity contribution >= 4 is 43.9 Å². The quantitative estimate of drug-likeness (QED) is 0.170. The Kier molecular flexibility index (Phi) is 7.35. The lowest BCUT2D eigenvalue weighted by Crippen LogP contribution is -2.00. The molecule has 0 aliphatic carbocycles. The number of nitrogens with zero attached hydrogens (tertiary/aromatic N) is 6. The zero-order chi connectivity index (χ0) is 37.0. The molecule has 0 aliphatic heterocycles. The predicted molar refractivity (Wildman–Crippen MR) is 224 cm³/mol. The first-order chi connectivity index (χ1) is 27.7. The predicted octanol–water partition coefficient (Wildman–Crippen LogP) is 12.0. The van der Waals surface area contributed by atoms with E-state index in [0.29, 0.717) is 34.6 Å². The van der Waals surface area contributed by atoms with E-state index in [2.05, 4.69) is 89.5 Å². The molecule has 0 saturated heterocycles. The Hall–Kier alpha value is -7.77. The largest absolute Gasteiger partial charge is 0.452 e. The topological polar surface area (TPSA) is 82.5 Å². The van der Waals surface area contributed by atoms with E-state index in [9.17, 15) is 0 Å². The van der Waals surface area contributed by atoms with Gasteiger partial charge in [-0.25, -0.2) is 24.9 Å². The van der Waals surface area contributed by atoms with Gasteiger partial charge in [0.15, 0.2) is 28.9 Å². The van der Waals surface area contributed by atoms with Gasteiger partial charge >= 0.3 is 0 Å². The van der Waals surface area contributed by atoms with E-state index in [1.807, 2.05) is 97.1 Å². The van der Waals surface area contributed by atoms with Gasteiger partial charge in [0.25, 0.3) is 0 Å². The fourth-order valence-electron chi connectivity index (χ4n) is 7.60. The molecule has 262 valence electrons. The van der Waals surface area contributed by atoms with Crippen LogP contribution in [0.4, 0.5) is 0 Å². The fraction of sp³-hybridized carbons (Fsp3) is 0. The van der Waals surface area contributed by atoms with E-state index in [-0.39, 0.29) is 0 Å². The summed E-state index contributed by atoms with van der Waals surface area (Å²) in [5.74, 6) is 2.44. The fourth-order valence-corrected chi connectivity index (χ4v) is 7.60. The maximum atomic E-state index is 6.50. The van der Waals surface area contributed by atoms with Gasteiger partial charge in [0.05, 0.1) is 11.0 Å². The molecule has 7 heteroatoms. The lowest BCUT2D eigenvalue weighted by Gasteiger charge is -2.10. The molecule has 0 spiro atoms. The molecule has 11 aromatic rings. The summed E-state index contributed by atoms with van der Waals surface area (Å²) in [4.78, 5) is 25.2. The molecule has 4 heterocycles. The third-order valence-electron chi connectivity index (χ3n) is 10.3. The molecule has 0 radical (unpaired) electrons. The first kappa shape index (κ1) is 31.7. The summed E-state index contributed by atoms with van der Waals surface area (Å²) in [7, 11) is 0. The van der Waals surface area contributed by atoms with Crippen molar-refractivity contribution in [1.29, 1.82) is 0 Å². The maximum absolute atomic E-state index is 6.50. The zero-order valence-corrected chi connectivity index (χ0v) is 29.9. The van der Waals surface area contributed by atoms with Crippen molar-refractivity contribution < 1.29 is 4.42 Å². The van der Waals surface area contributed by atoms with Gasteiger partial charge in [0, 0.05) is 49.7 Å². The molecule has 0 bridgehead atoms. The van der Waals surface area contributed by atoms with Crippen LogP contribution in [0.25, 0.3) is 106 Å². The average Bonchev–Trinajstić information content (AvgIpc) is 3.82. The Morgan fingerprint density at radius 3 is 1.54 bits per heavy atom. The van der Waals surface area contributed by atoms with Crippen molar-refractivity contribution in [3.8, 4) is 62.5 Å². The SMILES string of the molecule is c1ccc(-c2nc(-c3ccccc3)nc(-c3ccc(-c4nc(-c5ccc6c7ccccc7n(-c7ccccc7)c6c5)nc5c4oc4ccccc45)cc3)n2)cc1. The van der Waals surface area contributed by atoms with Crippen LogP contribution >= 0.6 is 0 Å². The van der Waals surface area contributed by atoms with Gasteiger partial charge in [-0.1, -0.05) is 146 Å². The molecule has 4 aromatic heterocycles. The molecule has 0 N–H and O–H groups in total. The molecule has 0 saturated carbocycles. The molecule has 11 rings (SSSR count). The highest BCUT2D eigenvalue weighted by molar-refractivity contribution is 6.11. The van der Waals surface area contributed by atoms with E-state index in [4.69, 9.17) is 29.3 Å². The third-order valence-corrected chi connectivity index (χ3v) is 10.3.